The summed E-state index contributed by atoms with van der Waals surface area (Å²) >= 11 is 0. The number of nitrogens with zero attached hydrogens (tertiary/aromatic N) is 8. The zero-order valence-electron chi connectivity index (χ0n) is 47.4. The Hall–Kier alpha value is -8.19. The summed E-state index contributed by atoms with van der Waals surface area (Å²) in [5.74, 6) is -3.73. The maximum Gasteiger partial charge on any atom is 0.258 e. The summed E-state index contributed by atoms with van der Waals surface area (Å²) in [7, 11) is 0.163. The Labute approximate surface area is 489 Å². The number of ether oxygens (including phenoxy) is 1. The first kappa shape index (κ1) is 58.6. The van der Waals surface area contributed by atoms with Crippen molar-refractivity contribution in [1.82, 2.24) is 40.2 Å². The largest absolute Gasteiger partial charge is 0.382 e. The molecule has 1 aliphatic carbocycles. The van der Waals surface area contributed by atoms with Gasteiger partial charge in [0.15, 0.2) is 21.1 Å². The third-order valence-corrected chi connectivity index (χ3v) is 17.7. The molecule has 0 unspecified atom stereocenters. The van der Waals surface area contributed by atoms with Crippen molar-refractivity contribution < 1.29 is 40.3 Å². The first-order valence-electron chi connectivity index (χ1n) is 28.7. The average molecular weight is 1190 g/mol. The summed E-state index contributed by atoms with van der Waals surface area (Å²) in [5, 5.41) is 28.2. The van der Waals surface area contributed by atoms with E-state index < -0.39 is 43.8 Å². The molecule has 0 spiro atoms. The minimum absolute atomic E-state index is 0.213. The molecule has 12 rings (SSSR count). The fraction of sp³-hybridized carbons (Fsp3) is 0.377. The predicted molar refractivity (Wildman–Crippen MR) is 320 cm³/mol. The molecular formula is C61H68F4N14O5S. The second kappa shape index (κ2) is 26.0. The molecule has 85 heavy (non-hydrogen) atoms. The molecule has 2 amide bonds. The molecule has 6 N–H and O–H groups in total. The van der Waals surface area contributed by atoms with Crippen molar-refractivity contribution in [3.8, 4) is 0 Å². The van der Waals surface area contributed by atoms with Gasteiger partial charge in [-0.15, -0.1) is 0 Å². The Kier molecular flexibility index (Phi) is 17.9. The number of aromatic amines is 2. The Morgan fingerprint density at radius 3 is 1.53 bits per heavy atom. The second-order valence-electron chi connectivity index (χ2n) is 22.4. The van der Waals surface area contributed by atoms with Crippen molar-refractivity contribution >= 4 is 78.1 Å². The van der Waals surface area contributed by atoms with E-state index in [1.54, 1.807) is 12.3 Å². The van der Waals surface area contributed by atoms with Crippen LogP contribution in [0.5, 0.6) is 0 Å². The lowest BCUT2D eigenvalue weighted by Gasteiger charge is -2.34. The van der Waals surface area contributed by atoms with E-state index in [2.05, 4.69) is 97.5 Å². The fourth-order valence-electron chi connectivity index (χ4n) is 11.3. The van der Waals surface area contributed by atoms with Crippen molar-refractivity contribution in [2.75, 3.05) is 111 Å². The van der Waals surface area contributed by atoms with Gasteiger partial charge in [0, 0.05) is 125 Å². The third-order valence-electron chi connectivity index (χ3n) is 16.1. The molecule has 19 nitrogen and oxygen atoms in total. The number of H-pyrrole nitrogens is 2. The summed E-state index contributed by atoms with van der Waals surface area (Å²) in [6.45, 7) is 8.96. The van der Waals surface area contributed by atoms with Gasteiger partial charge in [0.05, 0.1) is 32.5 Å². The number of anilines is 6. The SMILES string of the molecule is CN1CCN(c2ccc(C(=O)Nc3[nH]nc4ncc(CS(=O)(=O)c5cc(F)cc(F)c5)cc34)c(NC3CCCCC3)c2)CC1.CN1CCN(c2ccc(C(=O)Nc3[nH]nc4ncc(Cc5cc(F)cc(F)c5)cc34)c(NC3CCOCC3)c2)CC1. The van der Waals surface area contributed by atoms with Crippen LogP contribution in [0.3, 0.4) is 0 Å². The molecule has 446 valence electrons. The van der Waals surface area contributed by atoms with Crippen LogP contribution >= 0.6 is 0 Å². The van der Waals surface area contributed by atoms with Crippen LogP contribution in [0.2, 0.25) is 0 Å². The van der Waals surface area contributed by atoms with Crippen molar-refractivity contribution in [3.05, 3.63) is 148 Å². The molecule has 4 aromatic carbocycles. The smallest absolute Gasteiger partial charge is 0.258 e. The van der Waals surface area contributed by atoms with Crippen molar-refractivity contribution in [1.29, 1.82) is 0 Å². The van der Waals surface area contributed by atoms with Crippen LogP contribution in [0.25, 0.3) is 22.1 Å². The van der Waals surface area contributed by atoms with E-state index in [9.17, 15) is 35.6 Å². The van der Waals surface area contributed by atoms with Crippen LogP contribution in [0.1, 0.15) is 82.4 Å². The molecule has 3 aliphatic heterocycles. The van der Waals surface area contributed by atoms with Gasteiger partial charge in [0.1, 0.15) is 34.9 Å². The van der Waals surface area contributed by atoms with E-state index in [1.165, 1.54) is 24.8 Å². The Morgan fingerprint density at radius 1 is 0.565 bits per heavy atom. The zero-order chi connectivity index (χ0) is 59.2. The molecule has 4 aromatic heterocycles. The predicted octanol–water partition coefficient (Wildman–Crippen LogP) is 9.38. The minimum Gasteiger partial charge on any atom is -0.382 e. The van der Waals surface area contributed by atoms with Crippen molar-refractivity contribution in [2.24, 2.45) is 0 Å². The molecule has 0 radical (unpaired) electrons. The molecule has 0 atom stereocenters. The molecule has 8 aromatic rings. The quantitative estimate of drug-likeness (QED) is 0.0527. The zero-order valence-corrected chi connectivity index (χ0v) is 48.2. The standard InChI is InChI=1S/C31H35F2N7O3S.C30H33F2N7O2/c1-39-9-11-40(12-10-39)24-7-8-26(28(17-24)35-23-5-3-2-4-6-23)31(41)36-30-27-13-20(18-34-29(27)37-38-30)19-44(42,43)25-15-21(32)14-22(33)16-25;1-38-6-8-39(9-7-38)24-2-3-25(27(17-24)34-23-4-10-41-11-5-23)30(40)35-29-26-15-20(18-33-28(26)36-37-29)12-19-13-21(31)16-22(32)14-19/h7-8,13-18,23,35H,2-6,9-12,19H2,1H3,(H2,34,36,37,38,41);2-3,13-18,23,34H,4-12H2,1H3,(H2,33,35,36,37,40). The summed E-state index contributed by atoms with van der Waals surface area (Å²) in [6, 6.07) is 21.3. The van der Waals surface area contributed by atoms with Gasteiger partial charge < -0.3 is 45.6 Å². The molecule has 24 heteroatoms. The van der Waals surface area contributed by atoms with E-state index in [0.717, 1.165) is 137 Å². The summed E-state index contributed by atoms with van der Waals surface area (Å²) in [6.07, 6.45) is 10.6. The van der Waals surface area contributed by atoms with E-state index in [4.69, 9.17) is 4.74 Å². The maximum absolute atomic E-state index is 13.7. The molecule has 7 heterocycles. The summed E-state index contributed by atoms with van der Waals surface area (Å²) in [5.41, 5.74) is 6.91. The normalized spacial score (nSPS) is 16.7. The molecular weight excluding hydrogens is 1120 g/mol. The van der Waals surface area contributed by atoms with Gasteiger partial charge in [-0.05, 0) is 136 Å². The highest BCUT2D eigenvalue weighted by Gasteiger charge is 2.26. The van der Waals surface area contributed by atoms with Crippen LogP contribution in [0, 0.1) is 23.3 Å². The number of fused-ring (bicyclic) bond motifs is 2. The highest BCUT2D eigenvalue weighted by atomic mass is 32.2. The number of benzene rings is 4. The van der Waals surface area contributed by atoms with E-state index in [0.29, 0.717) is 58.2 Å². The minimum atomic E-state index is -4.08. The number of aromatic nitrogens is 6. The molecule has 3 saturated heterocycles. The monoisotopic (exact) mass is 1180 g/mol. The number of halogens is 4. The lowest BCUT2D eigenvalue weighted by molar-refractivity contribution is 0.0904. The third kappa shape index (κ3) is 14.5. The van der Waals surface area contributed by atoms with Gasteiger partial charge >= 0.3 is 0 Å². The number of hydrogen-bond acceptors (Lipinski definition) is 15. The van der Waals surface area contributed by atoms with Crippen LogP contribution in [-0.2, 0) is 26.7 Å². The topological polar surface area (TPSA) is 222 Å². The molecule has 4 fully saturated rings. The first-order valence-corrected chi connectivity index (χ1v) is 30.4. The molecule has 0 bridgehead atoms. The first-order chi connectivity index (χ1) is 41.0. The number of amides is 2. The van der Waals surface area contributed by atoms with E-state index >= 15 is 0 Å². The number of nitrogens with one attached hydrogen (secondary N) is 6. The van der Waals surface area contributed by atoms with Gasteiger partial charge in [-0.3, -0.25) is 19.8 Å². The van der Waals surface area contributed by atoms with Crippen LogP contribution in [0.15, 0.2) is 102 Å². The Balaban J connectivity index is 0.000000177. The fourth-order valence-corrected chi connectivity index (χ4v) is 12.7. The Bertz CT molecular complexity index is 3780. The van der Waals surface area contributed by atoms with Crippen LogP contribution in [-0.4, -0.2) is 152 Å². The number of rotatable bonds is 15. The second-order valence-corrected chi connectivity index (χ2v) is 24.4. The van der Waals surface area contributed by atoms with Gasteiger partial charge in [-0.2, -0.15) is 10.2 Å². The summed E-state index contributed by atoms with van der Waals surface area (Å²) < 4.78 is 86.1. The van der Waals surface area contributed by atoms with Gasteiger partial charge in [-0.1, -0.05) is 19.3 Å². The number of pyridine rings is 2. The van der Waals surface area contributed by atoms with Crippen molar-refractivity contribution in [3.63, 3.8) is 0 Å². The average Bonchev–Trinajstić information content (AvgIpc) is 4.32. The Morgan fingerprint density at radius 2 is 1.02 bits per heavy atom. The number of likely N-dealkylation sites (N-methyl/N-ethyl adjacent to an activating group) is 2. The highest BCUT2D eigenvalue weighted by molar-refractivity contribution is 7.90. The van der Waals surface area contributed by atoms with E-state index in [1.807, 2.05) is 30.3 Å². The lowest BCUT2D eigenvalue weighted by Crippen LogP contribution is -2.44. The van der Waals surface area contributed by atoms with Gasteiger partial charge in [-0.25, -0.2) is 35.9 Å². The lowest BCUT2D eigenvalue weighted by atomic mass is 9.95. The number of carbonyl (C=O) groups is 2. The number of hydrogen-bond donors (Lipinski definition) is 6. The van der Waals surface area contributed by atoms with Gasteiger partial charge in [0.2, 0.25) is 0 Å². The number of sulfone groups is 1. The highest BCUT2D eigenvalue weighted by Crippen LogP contribution is 2.33. The summed E-state index contributed by atoms with van der Waals surface area (Å²) in [4.78, 5) is 44.8. The van der Waals surface area contributed by atoms with Crippen molar-refractivity contribution in [2.45, 2.75) is 74.1 Å². The molecule has 4 aliphatic rings. The van der Waals surface area contributed by atoms with Gasteiger partial charge in [0.25, 0.3) is 11.8 Å². The number of carbonyl (C=O) groups excluding carboxylic acids is 2. The number of piperazine rings is 2. The maximum atomic E-state index is 13.7. The van der Waals surface area contributed by atoms with Crippen LogP contribution < -0.4 is 31.1 Å². The van der Waals surface area contributed by atoms with Crippen LogP contribution in [0.4, 0.5) is 51.9 Å². The van der Waals surface area contributed by atoms with E-state index in [-0.39, 0.29) is 47.3 Å². The molecule has 1 saturated carbocycles.